The van der Waals surface area contributed by atoms with Crippen LogP contribution >= 0.6 is 0 Å². The topological polar surface area (TPSA) is 56.1 Å². The Labute approximate surface area is 127 Å². The SMILES string of the molecule is C=C/C(=C\C(=C)CN1CCC(C)(CC#N)CC1)NC(C)=O. The number of amides is 1. The Morgan fingerprint density at radius 3 is 2.57 bits per heavy atom. The lowest BCUT2D eigenvalue weighted by Gasteiger charge is -2.38. The molecule has 0 saturated carbocycles. The van der Waals surface area contributed by atoms with Gasteiger partial charge in [0.25, 0.3) is 0 Å². The second-order valence-corrected chi connectivity index (χ2v) is 6.06. The second-order valence-electron chi connectivity index (χ2n) is 6.06. The fourth-order valence-corrected chi connectivity index (χ4v) is 2.52. The van der Waals surface area contributed by atoms with E-state index in [1.807, 2.05) is 6.08 Å². The first-order chi connectivity index (χ1) is 9.88. The summed E-state index contributed by atoms with van der Waals surface area (Å²) < 4.78 is 0. The number of piperidine rings is 1. The van der Waals surface area contributed by atoms with Gasteiger partial charge in [-0.05, 0) is 49.1 Å². The highest BCUT2D eigenvalue weighted by Crippen LogP contribution is 2.33. The van der Waals surface area contributed by atoms with Crippen LogP contribution in [0.2, 0.25) is 0 Å². The number of nitriles is 1. The van der Waals surface area contributed by atoms with Crippen molar-refractivity contribution in [3.63, 3.8) is 0 Å². The summed E-state index contributed by atoms with van der Waals surface area (Å²) in [6, 6.07) is 2.29. The van der Waals surface area contributed by atoms with Crippen molar-refractivity contribution >= 4 is 5.91 Å². The number of nitrogens with one attached hydrogen (secondary N) is 1. The van der Waals surface area contributed by atoms with Crippen LogP contribution < -0.4 is 5.32 Å². The second kappa shape index (κ2) is 7.80. The number of likely N-dealkylation sites (tertiary alicyclic amines) is 1. The minimum atomic E-state index is -0.112. The predicted octanol–water partition coefficient (Wildman–Crippen LogP) is 2.76. The zero-order chi connectivity index (χ0) is 15.9. The lowest BCUT2D eigenvalue weighted by Crippen LogP contribution is -2.39. The molecule has 0 unspecified atom stereocenters. The molecule has 0 bridgehead atoms. The quantitative estimate of drug-likeness (QED) is 0.764. The molecule has 1 heterocycles. The van der Waals surface area contributed by atoms with Crippen LogP contribution in [0.1, 0.15) is 33.1 Å². The van der Waals surface area contributed by atoms with Gasteiger partial charge in [0.1, 0.15) is 0 Å². The molecule has 0 atom stereocenters. The molecule has 1 aliphatic heterocycles. The normalized spacial score (nSPS) is 18.6. The minimum Gasteiger partial charge on any atom is -0.326 e. The number of carbonyl (C=O) groups excluding carboxylic acids is 1. The van der Waals surface area contributed by atoms with E-state index in [4.69, 9.17) is 5.26 Å². The number of nitrogens with zero attached hydrogens (tertiary/aromatic N) is 2. The monoisotopic (exact) mass is 287 g/mol. The zero-order valence-electron chi connectivity index (χ0n) is 13.1. The lowest BCUT2D eigenvalue weighted by molar-refractivity contribution is -0.118. The van der Waals surface area contributed by atoms with Crippen molar-refractivity contribution in [1.29, 1.82) is 5.26 Å². The van der Waals surface area contributed by atoms with Crippen LogP contribution in [0.5, 0.6) is 0 Å². The Morgan fingerprint density at radius 1 is 1.48 bits per heavy atom. The highest BCUT2D eigenvalue weighted by Gasteiger charge is 2.29. The van der Waals surface area contributed by atoms with Crippen molar-refractivity contribution < 1.29 is 4.79 Å². The van der Waals surface area contributed by atoms with Gasteiger partial charge in [-0.25, -0.2) is 0 Å². The first kappa shape index (κ1) is 17.2. The van der Waals surface area contributed by atoms with Gasteiger partial charge in [-0.1, -0.05) is 20.1 Å². The van der Waals surface area contributed by atoms with Gasteiger partial charge in [-0.15, -0.1) is 0 Å². The van der Waals surface area contributed by atoms with Crippen LogP contribution in [-0.2, 0) is 4.79 Å². The highest BCUT2D eigenvalue weighted by molar-refractivity contribution is 5.75. The minimum absolute atomic E-state index is 0.112. The van der Waals surface area contributed by atoms with Gasteiger partial charge in [0.2, 0.25) is 5.91 Å². The first-order valence-corrected chi connectivity index (χ1v) is 7.27. The van der Waals surface area contributed by atoms with Crippen molar-refractivity contribution in [1.82, 2.24) is 10.2 Å². The van der Waals surface area contributed by atoms with Crippen LogP contribution in [0.15, 0.2) is 36.6 Å². The van der Waals surface area contributed by atoms with Gasteiger partial charge < -0.3 is 5.32 Å². The Hall–Kier alpha value is -1.86. The lowest BCUT2D eigenvalue weighted by atomic mass is 9.78. The molecule has 114 valence electrons. The summed E-state index contributed by atoms with van der Waals surface area (Å²) in [5.74, 6) is -0.112. The van der Waals surface area contributed by atoms with Gasteiger partial charge in [0.15, 0.2) is 0 Å². The van der Waals surface area contributed by atoms with E-state index in [1.165, 1.54) is 6.92 Å². The third-order valence-electron chi connectivity index (χ3n) is 3.90. The smallest absolute Gasteiger partial charge is 0.221 e. The fraction of sp³-hybridized carbons (Fsp3) is 0.529. The van der Waals surface area contributed by atoms with E-state index in [0.717, 1.165) is 38.0 Å². The molecule has 21 heavy (non-hydrogen) atoms. The zero-order valence-corrected chi connectivity index (χ0v) is 13.1. The molecule has 0 aromatic carbocycles. The Morgan fingerprint density at radius 2 is 2.10 bits per heavy atom. The third kappa shape index (κ3) is 5.97. The van der Waals surface area contributed by atoms with E-state index in [1.54, 1.807) is 6.08 Å². The molecule has 0 spiro atoms. The average Bonchev–Trinajstić information content (AvgIpc) is 2.40. The maximum Gasteiger partial charge on any atom is 0.221 e. The van der Waals surface area contributed by atoms with Gasteiger partial charge in [0, 0.05) is 25.6 Å². The van der Waals surface area contributed by atoms with Gasteiger partial charge in [0.05, 0.1) is 6.07 Å². The molecule has 1 N–H and O–H groups in total. The molecule has 1 rings (SSSR count). The maximum atomic E-state index is 11.1. The molecule has 0 aliphatic carbocycles. The van der Waals surface area contributed by atoms with Crippen LogP contribution in [0.25, 0.3) is 0 Å². The number of allylic oxidation sites excluding steroid dienone is 1. The van der Waals surface area contributed by atoms with Crippen LogP contribution in [0.3, 0.4) is 0 Å². The third-order valence-corrected chi connectivity index (χ3v) is 3.90. The standard InChI is InChI=1S/C17H25N3O/c1-5-16(19-15(3)21)12-14(2)13-20-10-7-17(4,6-9-18)8-11-20/h5,12H,1-2,6-8,10-11,13H2,3-4H3,(H,19,21)/b16-12+. The maximum absolute atomic E-state index is 11.1. The molecule has 4 nitrogen and oxygen atoms in total. The number of hydrogen-bond donors (Lipinski definition) is 1. The van der Waals surface area contributed by atoms with Crippen molar-refractivity contribution in [2.24, 2.45) is 5.41 Å². The van der Waals surface area contributed by atoms with E-state index >= 15 is 0 Å². The highest BCUT2D eigenvalue weighted by atomic mass is 16.1. The molecule has 0 aromatic rings. The summed E-state index contributed by atoms with van der Waals surface area (Å²) in [5.41, 5.74) is 1.78. The van der Waals surface area contributed by atoms with Crippen molar-refractivity contribution in [2.75, 3.05) is 19.6 Å². The summed E-state index contributed by atoms with van der Waals surface area (Å²) in [4.78, 5) is 13.4. The van der Waals surface area contributed by atoms with Crippen molar-refractivity contribution in [3.8, 4) is 6.07 Å². The number of hydrogen-bond acceptors (Lipinski definition) is 3. The number of rotatable bonds is 6. The molecule has 1 fully saturated rings. The summed E-state index contributed by atoms with van der Waals surface area (Å²) in [5, 5.41) is 11.6. The summed E-state index contributed by atoms with van der Waals surface area (Å²) in [6.45, 7) is 14.1. The molecular formula is C17H25N3O. The molecule has 1 amide bonds. The molecule has 0 aromatic heterocycles. The molecule has 0 radical (unpaired) electrons. The summed E-state index contributed by atoms with van der Waals surface area (Å²) in [6.07, 6.45) is 6.18. The molecule has 1 aliphatic rings. The van der Waals surface area contributed by atoms with Gasteiger partial charge in [-0.3, -0.25) is 9.69 Å². The number of carbonyl (C=O) groups is 1. The van der Waals surface area contributed by atoms with Gasteiger partial charge >= 0.3 is 0 Å². The molecule has 4 heteroatoms. The fourth-order valence-electron chi connectivity index (χ4n) is 2.52. The Bertz CT molecular complexity index is 477. The van der Waals surface area contributed by atoms with Crippen LogP contribution in [-0.4, -0.2) is 30.4 Å². The van der Waals surface area contributed by atoms with Crippen LogP contribution in [0.4, 0.5) is 0 Å². The Balaban J connectivity index is 2.50. The predicted molar refractivity (Wildman–Crippen MR) is 85.2 cm³/mol. The largest absolute Gasteiger partial charge is 0.326 e. The van der Waals surface area contributed by atoms with E-state index < -0.39 is 0 Å². The van der Waals surface area contributed by atoms with Gasteiger partial charge in [-0.2, -0.15) is 5.26 Å². The Kier molecular flexibility index (Phi) is 6.39. The van der Waals surface area contributed by atoms with E-state index in [2.05, 4.69) is 36.4 Å². The van der Waals surface area contributed by atoms with Crippen LogP contribution in [0, 0.1) is 16.7 Å². The molecular weight excluding hydrogens is 262 g/mol. The van der Waals surface area contributed by atoms with Crippen molar-refractivity contribution in [3.05, 3.63) is 36.6 Å². The van der Waals surface area contributed by atoms with E-state index in [-0.39, 0.29) is 11.3 Å². The average molecular weight is 287 g/mol. The summed E-state index contributed by atoms with van der Waals surface area (Å²) in [7, 11) is 0. The summed E-state index contributed by atoms with van der Waals surface area (Å²) >= 11 is 0. The first-order valence-electron chi connectivity index (χ1n) is 7.27. The van der Waals surface area contributed by atoms with E-state index in [9.17, 15) is 4.79 Å². The van der Waals surface area contributed by atoms with Crippen molar-refractivity contribution in [2.45, 2.75) is 33.1 Å². The van der Waals surface area contributed by atoms with E-state index in [0.29, 0.717) is 12.1 Å². The molecule has 1 saturated heterocycles.